The Hall–Kier alpha value is -6.89. The second kappa shape index (κ2) is 14.1. The number of para-hydroxylation sites is 2. The maximum Gasteiger partial charge on any atom is 0.227 e. The lowest BCUT2D eigenvalue weighted by molar-refractivity contribution is 0.619. The number of hydrogen-bond acceptors (Lipinski definition) is 4. The lowest BCUT2D eigenvalue weighted by Gasteiger charge is -2.25. The van der Waals surface area contributed by atoms with Gasteiger partial charge in [0.05, 0.1) is 5.52 Å². The molecule has 8 aromatic carbocycles. The summed E-state index contributed by atoms with van der Waals surface area (Å²) in [6, 6.07) is 59.5. The highest BCUT2D eigenvalue weighted by Crippen LogP contribution is 2.45. The molecule has 0 aliphatic carbocycles. The number of anilines is 2. The fourth-order valence-corrected chi connectivity index (χ4v) is 10.5. The summed E-state index contributed by atoms with van der Waals surface area (Å²) in [6.45, 7) is 2.26. The molecule has 0 unspecified atom stereocenters. The van der Waals surface area contributed by atoms with Gasteiger partial charge in [0.25, 0.3) is 0 Å². The van der Waals surface area contributed by atoms with E-state index < -0.39 is 0 Å². The molecule has 1 radical (unpaired) electrons. The number of aromatic nitrogens is 2. The zero-order chi connectivity index (χ0) is 39.7. The summed E-state index contributed by atoms with van der Waals surface area (Å²) >= 11 is 1.86. The summed E-state index contributed by atoms with van der Waals surface area (Å²) in [5, 5.41) is 8.91. The molecule has 1 aliphatic heterocycles. The van der Waals surface area contributed by atoms with Gasteiger partial charge in [0, 0.05) is 70.7 Å². The molecule has 0 saturated carbocycles. The zero-order valence-electron chi connectivity index (χ0n) is 33.2. The molecule has 3 aromatic heterocycles. The smallest absolute Gasteiger partial charge is 0.227 e. The van der Waals surface area contributed by atoms with Gasteiger partial charge in [-0.1, -0.05) is 116 Å². The van der Waals surface area contributed by atoms with Crippen molar-refractivity contribution in [3.63, 3.8) is 0 Å². The van der Waals surface area contributed by atoms with Crippen LogP contribution in [0.1, 0.15) is 31.7 Å². The Bertz CT molecular complexity index is 3450. The highest BCUT2D eigenvalue weighted by atomic mass is 32.1. The van der Waals surface area contributed by atoms with Crippen LogP contribution in [0.2, 0.25) is 0 Å². The van der Waals surface area contributed by atoms with Crippen LogP contribution in [-0.2, 0) is 6.42 Å². The summed E-state index contributed by atoms with van der Waals surface area (Å²) in [6.07, 6.45) is 4.83. The SMILES string of the molecule is CCCCCc1ccc(Nc2ccccc2-c2cc(-c3ccc4sc5ccccc5c4c3)c3c4ccccc4n4c3c2[B]c2cc3nc(-c5ccccc5)oc3cc2-4)cc1. The molecule has 285 valence electrons. The summed E-state index contributed by atoms with van der Waals surface area (Å²) < 4.78 is 11.6. The van der Waals surface area contributed by atoms with Crippen molar-refractivity contribution in [1.82, 2.24) is 9.55 Å². The molecule has 60 heavy (non-hydrogen) atoms. The molecule has 6 heteroatoms. The van der Waals surface area contributed by atoms with E-state index in [2.05, 4.69) is 158 Å². The van der Waals surface area contributed by atoms with Crippen LogP contribution in [0.3, 0.4) is 0 Å². The summed E-state index contributed by atoms with van der Waals surface area (Å²) in [7, 11) is 2.38. The average molecular weight is 789 g/mol. The Balaban J connectivity index is 1.11. The first-order chi connectivity index (χ1) is 29.7. The fraction of sp³-hybridized carbons (Fsp3) is 0.0926. The predicted molar refractivity (Wildman–Crippen MR) is 256 cm³/mol. The Labute approximate surface area is 353 Å². The van der Waals surface area contributed by atoms with Crippen molar-refractivity contribution in [3.8, 4) is 39.4 Å². The molecule has 4 nitrogen and oxygen atoms in total. The lowest BCUT2D eigenvalue weighted by Crippen LogP contribution is -2.37. The Morgan fingerprint density at radius 1 is 0.650 bits per heavy atom. The van der Waals surface area contributed by atoms with Crippen LogP contribution >= 0.6 is 11.3 Å². The van der Waals surface area contributed by atoms with Gasteiger partial charge >= 0.3 is 0 Å². The van der Waals surface area contributed by atoms with Gasteiger partial charge in [-0.05, 0) is 107 Å². The van der Waals surface area contributed by atoms with Crippen molar-refractivity contribution >= 4 is 94.0 Å². The third-order valence-electron chi connectivity index (χ3n) is 12.3. The van der Waals surface area contributed by atoms with Crippen molar-refractivity contribution in [2.24, 2.45) is 0 Å². The maximum absolute atomic E-state index is 6.51. The van der Waals surface area contributed by atoms with E-state index in [1.165, 1.54) is 83.4 Å². The van der Waals surface area contributed by atoms with E-state index >= 15 is 0 Å². The minimum Gasteiger partial charge on any atom is -0.436 e. The number of fused-ring (bicyclic) bond motifs is 9. The van der Waals surface area contributed by atoms with E-state index in [1.807, 2.05) is 41.7 Å². The van der Waals surface area contributed by atoms with Crippen LogP contribution in [-0.4, -0.2) is 16.8 Å². The zero-order valence-corrected chi connectivity index (χ0v) is 34.0. The number of thiophene rings is 1. The van der Waals surface area contributed by atoms with Gasteiger partial charge in [-0.3, -0.25) is 0 Å². The van der Waals surface area contributed by atoms with Crippen LogP contribution in [0.15, 0.2) is 168 Å². The second-order valence-corrected chi connectivity index (χ2v) is 17.1. The third-order valence-corrected chi connectivity index (χ3v) is 13.4. The van der Waals surface area contributed by atoms with Crippen molar-refractivity contribution in [3.05, 3.63) is 169 Å². The summed E-state index contributed by atoms with van der Waals surface area (Å²) in [4.78, 5) is 5.01. The van der Waals surface area contributed by atoms with Gasteiger partial charge < -0.3 is 14.3 Å². The molecule has 1 N–H and O–H groups in total. The van der Waals surface area contributed by atoms with Crippen LogP contribution in [0.4, 0.5) is 11.4 Å². The number of benzene rings is 8. The first kappa shape index (κ1) is 35.1. The molecule has 0 amide bonds. The molecule has 0 fully saturated rings. The molecule has 0 bridgehead atoms. The van der Waals surface area contributed by atoms with Crippen molar-refractivity contribution in [2.45, 2.75) is 32.6 Å². The monoisotopic (exact) mass is 788 g/mol. The van der Waals surface area contributed by atoms with E-state index in [4.69, 9.17) is 9.40 Å². The normalized spacial score (nSPS) is 12.2. The van der Waals surface area contributed by atoms with Gasteiger partial charge in [-0.25, -0.2) is 4.98 Å². The number of rotatable bonds is 9. The average Bonchev–Trinajstić information content (AvgIpc) is 3.99. The highest BCUT2D eigenvalue weighted by molar-refractivity contribution is 7.25. The Kier molecular flexibility index (Phi) is 8.27. The van der Waals surface area contributed by atoms with Crippen LogP contribution < -0.4 is 16.2 Å². The van der Waals surface area contributed by atoms with Gasteiger partial charge in [0.15, 0.2) is 12.9 Å². The number of aryl methyl sites for hydroxylation is 1. The highest BCUT2D eigenvalue weighted by Gasteiger charge is 2.30. The second-order valence-electron chi connectivity index (χ2n) is 16.0. The predicted octanol–water partition coefficient (Wildman–Crippen LogP) is 13.7. The van der Waals surface area contributed by atoms with E-state index in [-0.39, 0.29) is 0 Å². The quantitative estimate of drug-likeness (QED) is 0.117. The number of nitrogens with one attached hydrogen (secondary N) is 1. The van der Waals surface area contributed by atoms with Gasteiger partial charge in [-0.15, -0.1) is 11.3 Å². The molecule has 11 aromatic rings. The third kappa shape index (κ3) is 5.70. The van der Waals surface area contributed by atoms with Crippen molar-refractivity contribution in [2.75, 3.05) is 5.32 Å². The topological polar surface area (TPSA) is 43.0 Å². The van der Waals surface area contributed by atoms with E-state index in [1.54, 1.807) is 0 Å². The van der Waals surface area contributed by atoms with Crippen LogP contribution in [0.5, 0.6) is 0 Å². The molecular weight excluding hydrogens is 749 g/mol. The first-order valence-corrected chi connectivity index (χ1v) is 21.8. The molecule has 1 aliphatic rings. The Morgan fingerprint density at radius 3 is 2.32 bits per heavy atom. The van der Waals surface area contributed by atoms with Crippen LogP contribution in [0, 0.1) is 0 Å². The summed E-state index contributed by atoms with van der Waals surface area (Å²) in [5.41, 5.74) is 16.6. The number of hydrogen-bond donors (Lipinski definition) is 1. The molecule has 0 atom stereocenters. The first-order valence-electron chi connectivity index (χ1n) is 21.0. The summed E-state index contributed by atoms with van der Waals surface area (Å²) in [5.74, 6) is 0.626. The standard InChI is InChI=1S/C54H39BN3OS/c1-2-3-5-14-33-23-26-36(27-24-33)56-44-20-11-8-17-37(44)42-30-40(35-25-28-50-41(29-35)38-18-10-13-22-49(38)60-50)51-39-19-9-12-21-46(39)58-47-32-48-45(31-43(47)55-52(42)53(51)58)57-54(59-48)34-15-6-4-7-16-34/h4,6-13,15-32,56H,2-3,5,14H2,1H3. The molecule has 0 saturated heterocycles. The van der Waals surface area contributed by atoms with Crippen molar-refractivity contribution in [1.29, 1.82) is 0 Å². The Morgan fingerprint density at radius 2 is 1.43 bits per heavy atom. The number of oxazole rings is 1. The minimum atomic E-state index is 0.626. The molecular formula is C54H39BN3OS. The van der Waals surface area contributed by atoms with E-state index in [0.717, 1.165) is 56.7 Å². The van der Waals surface area contributed by atoms with E-state index in [9.17, 15) is 0 Å². The number of nitrogens with zero attached hydrogens (tertiary/aromatic N) is 2. The molecule has 0 spiro atoms. The lowest BCUT2D eigenvalue weighted by atomic mass is 9.58. The largest absolute Gasteiger partial charge is 0.436 e. The van der Waals surface area contributed by atoms with E-state index in [0.29, 0.717) is 5.89 Å². The molecule has 4 heterocycles. The maximum atomic E-state index is 6.51. The fourth-order valence-electron chi connectivity index (χ4n) is 9.39. The molecule has 12 rings (SSSR count). The minimum absolute atomic E-state index is 0.626. The van der Waals surface area contributed by atoms with Gasteiger partial charge in [0.2, 0.25) is 5.89 Å². The van der Waals surface area contributed by atoms with Gasteiger partial charge in [0.1, 0.15) is 5.52 Å². The van der Waals surface area contributed by atoms with Crippen molar-refractivity contribution < 1.29 is 4.42 Å². The van der Waals surface area contributed by atoms with Crippen LogP contribution in [0.25, 0.3) is 92.5 Å². The number of unbranched alkanes of at least 4 members (excludes halogenated alkanes) is 2. The van der Waals surface area contributed by atoms with Gasteiger partial charge in [-0.2, -0.15) is 0 Å².